The van der Waals surface area contributed by atoms with Gasteiger partial charge in [0.1, 0.15) is 0 Å². The summed E-state index contributed by atoms with van der Waals surface area (Å²) in [5.41, 5.74) is -0.691. The Balaban J connectivity index is 1.87. The number of hydrogen-bond donors (Lipinski definition) is 2. The van der Waals surface area contributed by atoms with Crippen molar-refractivity contribution in [1.29, 1.82) is 0 Å². The third-order valence-electron chi connectivity index (χ3n) is 6.73. The van der Waals surface area contributed by atoms with Gasteiger partial charge in [0.05, 0.1) is 11.7 Å². The molecule has 142 valence electrons. The van der Waals surface area contributed by atoms with Crippen molar-refractivity contribution in [2.45, 2.75) is 25.7 Å². The molecule has 2 N–H and O–H groups in total. The Hall–Kier alpha value is -1.35. The molecule has 3 amide bonds. The highest BCUT2D eigenvalue weighted by Gasteiger charge is 2.65. The van der Waals surface area contributed by atoms with Crippen LogP contribution in [0.3, 0.4) is 0 Å². The molecule has 8 nitrogen and oxygen atoms in total. The summed E-state index contributed by atoms with van der Waals surface area (Å²) >= 11 is 0. The van der Waals surface area contributed by atoms with E-state index in [-0.39, 0.29) is 29.8 Å². The van der Waals surface area contributed by atoms with Crippen LogP contribution in [0.2, 0.25) is 0 Å². The number of urea groups is 1. The minimum atomic E-state index is -3.33. The van der Waals surface area contributed by atoms with Crippen molar-refractivity contribution in [2.24, 2.45) is 16.7 Å². The molecule has 3 fully saturated rings. The molecule has 0 aromatic carbocycles. The minimum Gasteiger partial charge on any atom is -0.359 e. The average molecular weight is 372 g/mol. The van der Waals surface area contributed by atoms with Gasteiger partial charge in [-0.05, 0) is 37.0 Å². The fourth-order valence-electron chi connectivity index (χ4n) is 5.30. The number of fused-ring (bicyclic) bond motifs is 2. The molecule has 0 aromatic rings. The summed E-state index contributed by atoms with van der Waals surface area (Å²) in [7, 11) is -0.0828. The van der Waals surface area contributed by atoms with E-state index >= 15 is 0 Å². The molecule has 0 bridgehead atoms. The Morgan fingerprint density at radius 2 is 1.68 bits per heavy atom. The van der Waals surface area contributed by atoms with Crippen molar-refractivity contribution >= 4 is 22.0 Å². The highest BCUT2D eigenvalue weighted by molar-refractivity contribution is 7.88. The van der Waals surface area contributed by atoms with Crippen LogP contribution < -0.4 is 10.6 Å². The first-order valence-corrected chi connectivity index (χ1v) is 10.7. The zero-order chi connectivity index (χ0) is 18.5. The average Bonchev–Trinajstić information content (AvgIpc) is 3.12. The number of carbonyl (C=O) groups excluding carboxylic acids is 2. The first-order valence-electron chi connectivity index (χ1n) is 8.82. The molecule has 2 aliphatic heterocycles. The van der Waals surface area contributed by atoms with Gasteiger partial charge in [0.2, 0.25) is 15.9 Å². The third-order valence-corrected chi connectivity index (χ3v) is 7.94. The Labute approximate surface area is 149 Å². The topological polar surface area (TPSA) is 98.8 Å². The normalized spacial score (nSPS) is 31.8. The molecule has 0 unspecified atom stereocenters. The van der Waals surface area contributed by atoms with E-state index in [2.05, 4.69) is 10.6 Å². The van der Waals surface area contributed by atoms with Crippen molar-refractivity contribution in [1.82, 2.24) is 19.8 Å². The Bertz CT molecular complexity index is 672. The SMILES string of the molecule is CNC(=O)N1CCC2(CC1)CC[C@@]1(C(=O)NC)CN(S(C)(=O)=O)C[C@@H]21. The second-order valence-corrected chi connectivity index (χ2v) is 9.73. The zero-order valence-corrected chi connectivity index (χ0v) is 16.0. The molecule has 3 rings (SSSR count). The summed E-state index contributed by atoms with van der Waals surface area (Å²) in [6.07, 6.45) is 4.49. The molecule has 2 atom stereocenters. The van der Waals surface area contributed by atoms with E-state index in [0.29, 0.717) is 26.1 Å². The summed E-state index contributed by atoms with van der Waals surface area (Å²) in [5.74, 6) is -0.0317. The number of nitrogens with zero attached hydrogens (tertiary/aromatic N) is 2. The minimum absolute atomic E-state index is 0.0153. The number of amides is 3. The molecule has 0 aromatic heterocycles. The molecular formula is C16H28N4O4S. The van der Waals surface area contributed by atoms with Crippen molar-refractivity contribution in [3.8, 4) is 0 Å². The number of sulfonamides is 1. The van der Waals surface area contributed by atoms with Gasteiger partial charge in [0.15, 0.2) is 0 Å². The molecule has 1 saturated carbocycles. The van der Waals surface area contributed by atoms with Crippen LogP contribution >= 0.6 is 0 Å². The van der Waals surface area contributed by atoms with Crippen LogP contribution in [-0.2, 0) is 14.8 Å². The largest absolute Gasteiger partial charge is 0.359 e. The van der Waals surface area contributed by atoms with E-state index in [1.807, 2.05) is 0 Å². The summed E-state index contributed by atoms with van der Waals surface area (Å²) in [5, 5.41) is 5.42. The summed E-state index contributed by atoms with van der Waals surface area (Å²) < 4.78 is 25.7. The van der Waals surface area contributed by atoms with Gasteiger partial charge in [0, 0.05) is 40.3 Å². The lowest BCUT2D eigenvalue weighted by Gasteiger charge is -2.44. The number of nitrogens with one attached hydrogen (secondary N) is 2. The van der Waals surface area contributed by atoms with E-state index < -0.39 is 15.4 Å². The quantitative estimate of drug-likeness (QED) is 0.703. The van der Waals surface area contributed by atoms with Gasteiger partial charge in [0.25, 0.3) is 0 Å². The molecule has 1 spiro atoms. The summed E-state index contributed by atoms with van der Waals surface area (Å²) in [6, 6.07) is -0.0744. The molecule has 0 radical (unpaired) electrons. The first-order chi connectivity index (χ1) is 11.7. The highest BCUT2D eigenvalue weighted by Crippen LogP contribution is 2.62. The lowest BCUT2D eigenvalue weighted by molar-refractivity contribution is -0.132. The fraction of sp³-hybridized carbons (Fsp3) is 0.875. The highest BCUT2D eigenvalue weighted by atomic mass is 32.2. The van der Waals surface area contributed by atoms with Crippen LogP contribution in [-0.4, -0.2) is 76.1 Å². The zero-order valence-electron chi connectivity index (χ0n) is 15.2. The standard InChI is InChI=1S/C16H28N4O4S/c1-17-13(21)16-5-4-15(6-8-19(9-7-15)14(22)18-2)12(16)10-20(11-16)25(3,23)24/h12H,4-11H2,1-3H3,(H,17,21)(H,18,22)/t12-,16+/m0/s1. The Kier molecular flexibility index (Phi) is 4.51. The van der Waals surface area contributed by atoms with E-state index in [1.54, 1.807) is 19.0 Å². The van der Waals surface area contributed by atoms with Gasteiger partial charge >= 0.3 is 6.03 Å². The van der Waals surface area contributed by atoms with Crippen LogP contribution in [0.25, 0.3) is 0 Å². The number of piperidine rings is 1. The monoisotopic (exact) mass is 372 g/mol. The van der Waals surface area contributed by atoms with E-state index in [9.17, 15) is 18.0 Å². The smallest absolute Gasteiger partial charge is 0.317 e. The van der Waals surface area contributed by atoms with E-state index in [4.69, 9.17) is 0 Å². The van der Waals surface area contributed by atoms with Crippen molar-refractivity contribution in [3.05, 3.63) is 0 Å². The Morgan fingerprint density at radius 1 is 1.04 bits per heavy atom. The van der Waals surface area contributed by atoms with Gasteiger partial charge in [-0.2, -0.15) is 0 Å². The van der Waals surface area contributed by atoms with Gasteiger partial charge in [-0.1, -0.05) is 0 Å². The maximum atomic E-state index is 12.7. The molecule has 25 heavy (non-hydrogen) atoms. The maximum Gasteiger partial charge on any atom is 0.317 e. The van der Waals surface area contributed by atoms with Crippen molar-refractivity contribution < 1.29 is 18.0 Å². The third kappa shape index (κ3) is 2.81. The molecule has 9 heteroatoms. The van der Waals surface area contributed by atoms with Gasteiger partial charge in [-0.25, -0.2) is 17.5 Å². The molecular weight excluding hydrogens is 344 g/mol. The van der Waals surface area contributed by atoms with Gasteiger partial charge in [-0.15, -0.1) is 0 Å². The van der Waals surface area contributed by atoms with Crippen molar-refractivity contribution in [2.75, 3.05) is 46.5 Å². The molecule has 2 saturated heterocycles. The Morgan fingerprint density at radius 3 is 2.20 bits per heavy atom. The lowest BCUT2D eigenvalue weighted by Crippen LogP contribution is -2.50. The second kappa shape index (κ2) is 6.12. The maximum absolute atomic E-state index is 12.7. The molecule has 2 heterocycles. The predicted molar refractivity (Wildman–Crippen MR) is 93.3 cm³/mol. The number of likely N-dealkylation sites (tertiary alicyclic amines) is 1. The van der Waals surface area contributed by atoms with E-state index in [1.165, 1.54) is 10.6 Å². The number of hydrogen-bond acceptors (Lipinski definition) is 4. The van der Waals surface area contributed by atoms with Crippen molar-refractivity contribution in [3.63, 3.8) is 0 Å². The van der Waals surface area contributed by atoms with Crippen LogP contribution in [0.1, 0.15) is 25.7 Å². The fourth-order valence-corrected chi connectivity index (χ4v) is 6.19. The summed E-state index contributed by atoms with van der Waals surface area (Å²) in [4.78, 5) is 26.4. The van der Waals surface area contributed by atoms with Crippen LogP contribution in [0, 0.1) is 16.7 Å². The van der Waals surface area contributed by atoms with Gasteiger partial charge < -0.3 is 15.5 Å². The van der Waals surface area contributed by atoms with Crippen LogP contribution in [0.15, 0.2) is 0 Å². The first kappa shape index (κ1) is 18.4. The van der Waals surface area contributed by atoms with Crippen LogP contribution in [0.5, 0.6) is 0 Å². The van der Waals surface area contributed by atoms with Crippen LogP contribution in [0.4, 0.5) is 4.79 Å². The number of carbonyl (C=O) groups is 2. The molecule has 1 aliphatic carbocycles. The number of rotatable bonds is 2. The second-order valence-electron chi connectivity index (χ2n) is 7.75. The predicted octanol–water partition coefficient (Wildman–Crippen LogP) is -0.174. The van der Waals surface area contributed by atoms with Gasteiger partial charge in [-0.3, -0.25) is 4.79 Å². The molecule has 3 aliphatic rings. The lowest BCUT2D eigenvalue weighted by atomic mass is 9.65. The summed E-state index contributed by atoms with van der Waals surface area (Å²) in [6.45, 7) is 1.99. The van der Waals surface area contributed by atoms with E-state index in [0.717, 1.165) is 19.3 Å².